The molecule has 0 amide bonds. The normalized spacial score (nSPS) is 21.7. The van der Waals surface area contributed by atoms with Crippen LogP contribution < -0.4 is 11.1 Å². The zero-order valence-electron chi connectivity index (χ0n) is 16.9. The lowest BCUT2D eigenvalue weighted by atomic mass is 9.66. The van der Waals surface area contributed by atoms with Crippen LogP contribution in [0.25, 0.3) is 11.1 Å². The van der Waals surface area contributed by atoms with Crippen LogP contribution in [0.3, 0.4) is 0 Å². The molecule has 1 atom stereocenters. The minimum Gasteiger partial charge on any atom is -0.480 e. The highest BCUT2D eigenvalue weighted by Crippen LogP contribution is 2.39. The number of hydrogen-bond donors (Lipinski definition) is 3. The summed E-state index contributed by atoms with van der Waals surface area (Å²) < 4.78 is 0. The first-order chi connectivity index (χ1) is 14.0. The molecule has 5 heteroatoms. The third-order valence-corrected chi connectivity index (χ3v) is 6.76. The van der Waals surface area contributed by atoms with Crippen molar-refractivity contribution in [3.05, 3.63) is 59.2 Å². The first kappa shape index (κ1) is 20.2. The molecule has 0 bridgehead atoms. The van der Waals surface area contributed by atoms with Crippen LogP contribution >= 0.6 is 0 Å². The zero-order chi connectivity index (χ0) is 20.4. The molecule has 0 saturated heterocycles. The number of hydrogen-bond acceptors (Lipinski definition) is 3. The van der Waals surface area contributed by atoms with E-state index in [2.05, 4.69) is 47.8 Å². The smallest absolute Gasteiger partial charge is 0.323 e. The number of nitrogens with one attached hydrogen (secondary N) is 1. The summed E-state index contributed by atoms with van der Waals surface area (Å²) in [5.41, 5.74) is 11.9. The monoisotopic (exact) mass is 388 g/mol. The number of unbranched alkanes of at least 4 members (excludes halogenated alkanes) is 1. The Bertz CT molecular complexity index is 894. The summed E-state index contributed by atoms with van der Waals surface area (Å²) in [4.78, 5) is 11.8. The van der Waals surface area contributed by atoms with Gasteiger partial charge in [-0.2, -0.15) is 0 Å². The lowest BCUT2D eigenvalue weighted by Crippen LogP contribution is -2.60. The Labute approximate surface area is 174 Å². The van der Waals surface area contributed by atoms with Crippen LogP contribution in [-0.2, 0) is 17.8 Å². The molecule has 1 saturated carbocycles. The molecule has 0 aromatic heterocycles. The Hall–Kier alpha value is -2.11. The molecule has 4 N–H and O–H groups in total. The summed E-state index contributed by atoms with van der Waals surface area (Å²) in [6, 6.07) is 15.7. The van der Waals surface area contributed by atoms with Crippen molar-refractivity contribution in [3.63, 3.8) is 0 Å². The van der Waals surface area contributed by atoms with Gasteiger partial charge in [-0.1, -0.05) is 61.6 Å². The van der Waals surface area contributed by atoms with E-state index >= 15 is 0 Å². The standard InChI is InChI=1S/C24H29BN2O2/c25-10-4-3-9-24(26,23(28)29)19-13-20(14-19)27-15-16-7-8-22-18(11-16)12-17-5-1-2-6-21(17)22/h1-2,5-8,11,19-20,27H,3-4,9-10,12-15,26H2,(H,28,29). The van der Waals surface area contributed by atoms with Gasteiger partial charge in [0.2, 0.25) is 0 Å². The molecule has 2 aromatic rings. The summed E-state index contributed by atoms with van der Waals surface area (Å²) in [5, 5.41) is 13.2. The van der Waals surface area contributed by atoms with Gasteiger partial charge >= 0.3 is 5.97 Å². The first-order valence-corrected chi connectivity index (χ1v) is 10.7. The number of carboxylic acid groups (broad SMARTS) is 1. The molecular weight excluding hydrogens is 359 g/mol. The summed E-state index contributed by atoms with van der Waals surface area (Å²) >= 11 is 0. The maximum Gasteiger partial charge on any atom is 0.323 e. The third kappa shape index (κ3) is 3.99. The van der Waals surface area contributed by atoms with Gasteiger partial charge in [0.1, 0.15) is 5.54 Å². The van der Waals surface area contributed by atoms with Gasteiger partial charge in [0.15, 0.2) is 0 Å². The Balaban J connectivity index is 1.30. The van der Waals surface area contributed by atoms with E-state index < -0.39 is 11.5 Å². The second kappa shape index (κ2) is 8.33. The fourth-order valence-corrected chi connectivity index (χ4v) is 4.82. The molecule has 0 aliphatic heterocycles. The van der Waals surface area contributed by atoms with E-state index in [1.54, 1.807) is 0 Å². The number of carboxylic acids is 1. The number of benzene rings is 2. The highest BCUT2D eigenvalue weighted by atomic mass is 16.4. The van der Waals surface area contributed by atoms with Crippen LogP contribution in [-0.4, -0.2) is 30.5 Å². The van der Waals surface area contributed by atoms with Gasteiger partial charge in [-0.25, -0.2) is 0 Å². The predicted molar refractivity (Wildman–Crippen MR) is 117 cm³/mol. The molecule has 150 valence electrons. The van der Waals surface area contributed by atoms with Crippen LogP contribution in [0.1, 0.15) is 48.8 Å². The molecule has 2 aromatic carbocycles. The van der Waals surface area contributed by atoms with Crippen LogP contribution in [0.15, 0.2) is 42.5 Å². The van der Waals surface area contributed by atoms with Crippen LogP contribution in [0.4, 0.5) is 0 Å². The largest absolute Gasteiger partial charge is 0.480 e. The van der Waals surface area contributed by atoms with Crippen molar-refractivity contribution >= 4 is 13.8 Å². The number of carbonyl (C=O) groups is 1. The summed E-state index contributed by atoms with van der Waals surface area (Å²) in [7, 11) is 5.53. The number of nitrogens with two attached hydrogens (primary N) is 1. The Morgan fingerprint density at radius 3 is 2.66 bits per heavy atom. The minimum absolute atomic E-state index is 0.0322. The fraction of sp³-hybridized carbons (Fsp3) is 0.458. The molecular formula is C24H29BN2O2. The second-order valence-electron chi connectivity index (χ2n) is 8.66. The van der Waals surface area contributed by atoms with E-state index in [0.717, 1.165) is 38.6 Å². The Kier molecular flexibility index (Phi) is 5.80. The average molecular weight is 388 g/mol. The van der Waals surface area contributed by atoms with Crippen LogP contribution in [0.2, 0.25) is 6.32 Å². The molecule has 29 heavy (non-hydrogen) atoms. The minimum atomic E-state index is -1.12. The van der Waals surface area contributed by atoms with Crippen molar-refractivity contribution in [2.24, 2.45) is 11.7 Å². The lowest BCUT2D eigenvalue weighted by molar-refractivity contribution is -0.148. The van der Waals surface area contributed by atoms with Crippen molar-refractivity contribution in [1.82, 2.24) is 5.32 Å². The maximum absolute atomic E-state index is 11.8. The SMILES string of the molecule is [B]CCCCC(N)(C(=O)O)C1CC(NCc2ccc3c(c2)Cc2ccccc2-3)C1. The van der Waals surface area contributed by atoms with E-state index in [4.69, 9.17) is 13.6 Å². The second-order valence-corrected chi connectivity index (χ2v) is 8.66. The molecule has 4 nitrogen and oxygen atoms in total. The van der Waals surface area contributed by atoms with Gasteiger partial charge in [-0.15, -0.1) is 0 Å². The molecule has 1 fully saturated rings. The van der Waals surface area contributed by atoms with E-state index in [0.29, 0.717) is 18.8 Å². The van der Waals surface area contributed by atoms with E-state index in [1.807, 2.05) is 0 Å². The molecule has 0 spiro atoms. The number of fused-ring (bicyclic) bond motifs is 3. The van der Waals surface area contributed by atoms with Crippen molar-refractivity contribution in [1.29, 1.82) is 0 Å². The van der Waals surface area contributed by atoms with Crippen molar-refractivity contribution in [2.45, 2.75) is 63.0 Å². The molecule has 1 unspecified atom stereocenters. The van der Waals surface area contributed by atoms with Gasteiger partial charge in [0, 0.05) is 12.6 Å². The average Bonchev–Trinajstić information content (AvgIpc) is 3.04. The molecule has 2 aliphatic carbocycles. The zero-order valence-corrected chi connectivity index (χ0v) is 16.9. The van der Waals surface area contributed by atoms with Gasteiger partial charge in [0.25, 0.3) is 0 Å². The van der Waals surface area contributed by atoms with Gasteiger partial charge in [-0.3, -0.25) is 4.79 Å². The molecule has 4 rings (SSSR count). The topological polar surface area (TPSA) is 75.4 Å². The van der Waals surface area contributed by atoms with E-state index in [1.165, 1.54) is 27.8 Å². The molecule has 2 aliphatic rings. The summed E-state index contributed by atoms with van der Waals surface area (Å²) in [5.74, 6) is -0.846. The Morgan fingerprint density at radius 1 is 1.14 bits per heavy atom. The highest BCUT2D eigenvalue weighted by Gasteiger charge is 2.47. The predicted octanol–water partition coefficient (Wildman–Crippen LogP) is 3.67. The van der Waals surface area contributed by atoms with Gasteiger partial charge < -0.3 is 16.2 Å². The molecule has 2 radical (unpaired) electrons. The fourth-order valence-electron chi connectivity index (χ4n) is 4.82. The quantitative estimate of drug-likeness (QED) is 0.386. The Morgan fingerprint density at radius 2 is 1.90 bits per heavy atom. The van der Waals surface area contributed by atoms with E-state index in [9.17, 15) is 9.90 Å². The lowest BCUT2D eigenvalue weighted by Gasteiger charge is -2.45. The number of rotatable bonds is 9. The summed E-state index contributed by atoms with van der Waals surface area (Å²) in [6.07, 6.45) is 5.32. The highest BCUT2D eigenvalue weighted by molar-refractivity contribution is 6.08. The van der Waals surface area contributed by atoms with Gasteiger partial charge in [-0.05, 0) is 59.4 Å². The van der Waals surface area contributed by atoms with E-state index in [-0.39, 0.29) is 5.92 Å². The third-order valence-electron chi connectivity index (χ3n) is 6.76. The first-order valence-electron chi connectivity index (χ1n) is 10.7. The molecule has 0 heterocycles. The van der Waals surface area contributed by atoms with Crippen molar-refractivity contribution in [2.75, 3.05) is 0 Å². The van der Waals surface area contributed by atoms with Crippen LogP contribution in [0.5, 0.6) is 0 Å². The maximum atomic E-state index is 11.8. The summed E-state index contributed by atoms with van der Waals surface area (Å²) in [6.45, 7) is 0.804. The van der Waals surface area contributed by atoms with Crippen LogP contribution in [0, 0.1) is 5.92 Å². The number of aliphatic carboxylic acids is 1. The van der Waals surface area contributed by atoms with Crippen molar-refractivity contribution in [3.8, 4) is 11.1 Å². The van der Waals surface area contributed by atoms with Crippen molar-refractivity contribution < 1.29 is 9.90 Å². The van der Waals surface area contributed by atoms with Gasteiger partial charge in [0.05, 0.1) is 7.85 Å².